The van der Waals surface area contributed by atoms with Crippen LogP contribution in [0.2, 0.25) is 0 Å². The summed E-state index contributed by atoms with van der Waals surface area (Å²) >= 11 is 0. The highest BCUT2D eigenvalue weighted by atomic mass is 16.5. The van der Waals surface area contributed by atoms with Crippen molar-refractivity contribution in [1.82, 2.24) is 14.9 Å². The first-order chi connectivity index (χ1) is 19.5. The lowest BCUT2D eigenvalue weighted by Gasteiger charge is -2.29. The second-order valence-electron chi connectivity index (χ2n) is 9.86. The number of aryl methyl sites for hydroxylation is 2. The summed E-state index contributed by atoms with van der Waals surface area (Å²) in [6.45, 7) is 1.22. The molecule has 0 aliphatic carbocycles. The van der Waals surface area contributed by atoms with Gasteiger partial charge in [-0.05, 0) is 53.6 Å². The smallest absolute Gasteiger partial charge is 0.323 e. The van der Waals surface area contributed by atoms with Gasteiger partial charge in [-0.1, -0.05) is 66.7 Å². The highest BCUT2D eigenvalue weighted by Gasteiger charge is 2.25. The van der Waals surface area contributed by atoms with Gasteiger partial charge in [0.2, 0.25) is 5.95 Å². The van der Waals surface area contributed by atoms with Crippen LogP contribution in [0.1, 0.15) is 38.3 Å². The molecule has 4 aromatic rings. The van der Waals surface area contributed by atoms with Crippen molar-refractivity contribution in [3.05, 3.63) is 119 Å². The van der Waals surface area contributed by atoms with E-state index in [2.05, 4.69) is 28.1 Å². The van der Waals surface area contributed by atoms with Crippen LogP contribution in [0.5, 0.6) is 5.75 Å². The van der Waals surface area contributed by atoms with E-state index in [1.165, 1.54) is 16.0 Å². The Morgan fingerprint density at radius 2 is 1.70 bits per heavy atom. The summed E-state index contributed by atoms with van der Waals surface area (Å²) in [5.41, 5.74) is 5.39. The lowest BCUT2D eigenvalue weighted by Crippen LogP contribution is -2.36. The minimum Gasteiger partial charge on any atom is -0.497 e. The zero-order valence-corrected chi connectivity index (χ0v) is 22.5. The molecule has 0 unspecified atom stereocenters. The van der Waals surface area contributed by atoms with Gasteiger partial charge in [-0.15, -0.1) is 0 Å². The van der Waals surface area contributed by atoms with Gasteiger partial charge in [0.1, 0.15) is 12.3 Å². The summed E-state index contributed by atoms with van der Waals surface area (Å²) in [6.07, 6.45) is 3.57. The van der Waals surface area contributed by atoms with E-state index in [0.717, 1.165) is 29.8 Å². The number of ether oxygens (including phenoxy) is 1. The van der Waals surface area contributed by atoms with E-state index >= 15 is 0 Å². The number of nitrogens with zero attached hydrogens (tertiary/aromatic N) is 4. The zero-order chi connectivity index (χ0) is 27.9. The first-order valence-electron chi connectivity index (χ1n) is 13.4. The molecule has 0 atom stereocenters. The van der Waals surface area contributed by atoms with Crippen LogP contribution in [0.25, 0.3) is 0 Å². The van der Waals surface area contributed by atoms with Gasteiger partial charge in [-0.2, -0.15) is 0 Å². The quantitative estimate of drug-likeness (QED) is 0.317. The van der Waals surface area contributed by atoms with E-state index in [-0.39, 0.29) is 6.54 Å². The van der Waals surface area contributed by atoms with E-state index in [0.29, 0.717) is 36.6 Å². The number of aromatic nitrogens is 2. The van der Waals surface area contributed by atoms with Gasteiger partial charge in [0.05, 0.1) is 18.4 Å². The Kier molecular flexibility index (Phi) is 8.35. The highest BCUT2D eigenvalue weighted by Crippen LogP contribution is 2.24. The second-order valence-corrected chi connectivity index (χ2v) is 9.86. The monoisotopic (exact) mass is 536 g/mol. The van der Waals surface area contributed by atoms with Crippen molar-refractivity contribution in [2.75, 3.05) is 25.1 Å². The molecule has 0 radical (unpaired) electrons. The lowest BCUT2D eigenvalue weighted by molar-refractivity contribution is -0.137. The molecule has 8 heteroatoms. The Bertz CT molecular complexity index is 1490. The van der Waals surface area contributed by atoms with Gasteiger partial charge in [-0.3, -0.25) is 9.59 Å². The van der Waals surface area contributed by atoms with Crippen molar-refractivity contribution in [2.24, 2.45) is 0 Å². The predicted octanol–water partition coefficient (Wildman–Crippen LogP) is 4.56. The summed E-state index contributed by atoms with van der Waals surface area (Å²) in [5.74, 6) is -0.145. The van der Waals surface area contributed by atoms with Crippen LogP contribution in [-0.2, 0) is 37.1 Å². The van der Waals surface area contributed by atoms with Crippen LogP contribution in [-0.4, -0.2) is 52.1 Å². The number of methoxy groups -OCH3 is 1. The van der Waals surface area contributed by atoms with Crippen LogP contribution < -0.4 is 9.64 Å². The molecule has 204 valence electrons. The average Bonchev–Trinajstić information content (AvgIpc) is 2.99. The van der Waals surface area contributed by atoms with E-state index in [9.17, 15) is 14.7 Å². The lowest BCUT2D eigenvalue weighted by atomic mass is 10.0. The van der Waals surface area contributed by atoms with Crippen LogP contribution >= 0.6 is 0 Å². The topological polar surface area (TPSA) is 95.9 Å². The fourth-order valence-electron chi connectivity index (χ4n) is 5.02. The molecule has 8 nitrogen and oxygen atoms in total. The first-order valence-corrected chi connectivity index (χ1v) is 13.4. The summed E-state index contributed by atoms with van der Waals surface area (Å²) in [4.78, 5) is 38.5. The van der Waals surface area contributed by atoms with Gasteiger partial charge in [0, 0.05) is 25.8 Å². The average molecular weight is 537 g/mol. The summed E-state index contributed by atoms with van der Waals surface area (Å²) < 4.78 is 5.37. The molecule has 0 saturated heterocycles. The molecule has 2 heterocycles. The third kappa shape index (κ3) is 6.46. The largest absolute Gasteiger partial charge is 0.497 e. The number of carbonyl (C=O) groups excluding carboxylic acids is 1. The number of benzene rings is 3. The van der Waals surface area contributed by atoms with Crippen LogP contribution in [0.4, 0.5) is 5.95 Å². The predicted molar refractivity (Wildman–Crippen MR) is 152 cm³/mol. The number of carboxylic acid groups (broad SMARTS) is 1. The Labute approximate surface area is 233 Å². The molecule has 3 aromatic carbocycles. The minimum atomic E-state index is -1.08. The fourth-order valence-corrected chi connectivity index (χ4v) is 5.02. The molecule has 1 aliphatic heterocycles. The van der Waals surface area contributed by atoms with Crippen molar-refractivity contribution in [1.29, 1.82) is 0 Å². The van der Waals surface area contributed by atoms with E-state index in [1.807, 2.05) is 60.7 Å². The van der Waals surface area contributed by atoms with Gasteiger partial charge in [-0.25, -0.2) is 9.97 Å². The number of carboxylic acids is 1. The van der Waals surface area contributed by atoms with Gasteiger partial charge in [0.15, 0.2) is 0 Å². The van der Waals surface area contributed by atoms with Crippen molar-refractivity contribution in [3.63, 3.8) is 0 Å². The van der Waals surface area contributed by atoms with Crippen molar-refractivity contribution in [2.45, 2.75) is 32.4 Å². The van der Waals surface area contributed by atoms with Crippen molar-refractivity contribution in [3.8, 4) is 5.75 Å². The van der Waals surface area contributed by atoms with E-state index in [4.69, 9.17) is 9.72 Å². The number of hydrogen-bond acceptors (Lipinski definition) is 6. The molecular formula is C32H32N4O4. The molecule has 0 bridgehead atoms. The first kappa shape index (κ1) is 26.9. The van der Waals surface area contributed by atoms with E-state index in [1.54, 1.807) is 13.3 Å². The maximum atomic E-state index is 13.8. The summed E-state index contributed by atoms with van der Waals surface area (Å²) in [6, 6.07) is 25.5. The van der Waals surface area contributed by atoms with Crippen molar-refractivity contribution < 1.29 is 19.4 Å². The molecule has 40 heavy (non-hydrogen) atoms. The van der Waals surface area contributed by atoms with Gasteiger partial charge < -0.3 is 19.6 Å². The Hall–Kier alpha value is -4.72. The third-order valence-electron chi connectivity index (χ3n) is 7.11. The van der Waals surface area contributed by atoms with Gasteiger partial charge in [0.25, 0.3) is 5.91 Å². The zero-order valence-electron chi connectivity index (χ0n) is 22.5. The third-order valence-corrected chi connectivity index (χ3v) is 7.11. The number of fused-ring (bicyclic) bond motifs is 1. The molecular weight excluding hydrogens is 504 g/mol. The molecule has 1 aromatic heterocycles. The van der Waals surface area contributed by atoms with Crippen LogP contribution in [0.3, 0.4) is 0 Å². The number of anilines is 1. The number of amides is 1. The summed E-state index contributed by atoms with van der Waals surface area (Å²) in [7, 11) is 1.63. The molecule has 0 saturated carbocycles. The molecule has 0 spiro atoms. The molecule has 1 N–H and O–H groups in total. The minimum absolute atomic E-state index is 0.173. The summed E-state index contributed by atoms with van der Waals surface area (Å²) in [5, 5.41) is 9.58. The Morgan fingerprint density at radius 1 is 0.950 bits per heavy atom. The Balaban J connectivity index is 1.46. The maximum Gasteiger partial charge on any atom is 0.323 e. The SMILES string of the molecule is COc1cccc(CCc2nc(N3CCc4ccccc4C3)ncc2C(=O)N(CC(=O)O)Cc2ccccc2)c1. The standard InChI is InChI=1S/C32H32N4O4/c1-40-27-13-7-10-23(18-27)14-15-29-28(31(39)36(22-30(37)38)20-24-8-3-2-4-9-24)19-33-32(34-29)35-17-16-25-11-5-6-12-26(25)21-35/h2-13,18-19H,14-17,20-22H2,1H3,(H,37,38). The number of aliphatic carboxylic acids is 1. The normalized spacial score (nSPS) is 12.5. The van der Waals surface area contributed by atoms with Crippen LogP contribution in [0.15, 0.2) is 85.1 Å². The Morgan fingerprint density at radius 3 is 2.48 bits per heavy atom. The number of hydrogen-bond donors (Lipinski definition) is 1. The number of rotatable bonds is 10. The maximum absolute atomic E-state index is 13.8. The molecule has 5 rings (SSSR count). The number of carbonyl (C=O) groups is 2. The van der Waals surface area contributed by atoms with Crippen molar-refractivity contribution >= 4 is 17.8 Å². The molecule has 0 fully saturated rings. The van der Waals surface area contributed by atoms with Crippen LogP contribution in [0, 0.1) is 0 Å². The highest BCUT2D eigenvalue weighted by molar-refractivity contribution is 5.96. The fraction of sp³-hybridized carbons (Fsp3) is 0.250. The van der Waals surface area contributed by atoms with Gasteiger partial charge >= 0.3 is 5.97 Å². The second kappa shape index (κ2) is 12.4. The van der Waals surface area contributed by atoms with E-state index < -0.39 is 18.4 Å². The molecule has 1 amide bonds. The molecule has 1 aliphatic rings.